The lowest BCUT2D eigenvalue weighted by Gasteiger charge is -2.30. The first-order valence-corrected chi connectivity index (χ1v) is 14.8. The third-order valence-electron chi connectivity index (χ3n) is 6.87. The van der Waals surface area contributed by atoms with E-state index in [9.17, 15) is 18.0 Å². The van der Waals surface area contributed by atoms with Crippen molar-refractivity contribution < 1.29 is 22.7 Å². The van der Waals surface area contributed by atoms with Crippen molar-refractivity contribution in [2.24, 2.45) is 0 Å². The van der Waals surface area contributed by atoms with Gasteiger partial charge < -0.3 is 15.0 Å². The van der Waals surface area contributed by atoms with Gasteiger partial charge in [-0.3, -0.25) is 13.9 Å². The Morgan fingerprint density at radius 1 is 1.03 bits per heavy atom. The standard InChI is InChI=1S/C28H39N3O5S/c1-22(28(33)29-24-12-7-8-13-24)30(21-19-23-10-5-4-6-11-23)27(32)14-9-20-31(37(3,34)35)25-15-17-26(36-2)18-16-25/h4-6,10-11,15-18,22,24H,7-9,12-14,19-21H2,1-3H3,(H,29,33)/t22-/m0/s1. The molecule has 9 heteroatoms. The molecule has 2 aromatic carbocycles. The Labute approximate surface area is 221 Å². The van der Waals surface area contributed by atoms with Crippen molar-refractivity contribution in [2.45, 2.75) is 64.0 Å². The van der Waals surface area contributed by atoms with Crippen molar-refractivity contribution in [1.82, 2.24) is 10.2 Å². The number of carbonyl (C=O) groups is 2. The fourth-order valence-electron chi connectivity index (χ4n) is 4.71. The van der Waals surface area contributed by atoms with Gasteiger partial charge in [-0.2, -0.15) is 0 Å². The SMILES string of the molecule is COc1ccc(N(CCCC(=O)N(CCc2ccccc2)[C@@H](C)C(=O)NC2CCCC2)S(C)(=O)=O)cc1. The highest BCUT2D eigenvalue weighted by atomic mass is 32.2. The fraction of sp³-hybridized carbons (Fsp3) is 0.500. The quantitative estimate of drug-likeness (QED) is 0.426. The molecule has 1 aliphatic rings. The van der Waals surface area contributed by atoms with Crippen LogP contribution in [0.4, 0.5) is 5.69 Å². The van der Waals surface area contributed by atoms with Crippen LogP contribution in [0, 0.1) is 0 Å². The van der Waals surface area contributed by atoms with Crippen molar-refractivity contribution >= 4 is 27.5 Å². The van der Waals surface area contributed by atoms with Crippen LogP contribution in [0.5, 0.6) is 5.75 Å². The van der Waals surface area contributed by atoms with Crippen molar-refractivity contribution in [1.29, 1.82) is 0 Å². The van der Waals surface area contributed by atoms with Gasteiger partial charge in [0.05, 0.1) is 19.1 Å². The Bertz CT molecular complexity index is 1120. The van der Waals surface area contributed by atoms with Crippen molar-refractivity contribution in [3.05, 3.63) is 60.2 Å². The highest BCUT2D eigenvalue weighted by Crippen LogP contribution is 2.22. The number of carbonyl (C=O) groups excluding carboxylic acids is 2. The molecule has 0 radical (unpaired) electrons. The number of anilines is 1. The molecule has 1 atom stereocenters. The van der Waals surface area contributed by atoms with Gasteiger partial charge in [0, 0.05) is 25.6 Å². The van der Waals surface area contributed by atoms with Crippen LogP contribution in [0.3, 0.4) is 0 Å². The van der Waals surface area contributed by atoms with Crippen LogP contribution >= 0.6 is 0 Å². The predicted octanol–water partition coefficient (Wildman–Crippen LogP) is 3.76. The number of nitrogens with one attached hydrogen (secondary N) is 1. The minimum atomic E-state index is -3.54. The number of nitrogens with zero attached hydrogens (tertiary/aromatic N) is 2. The number of sulfonamides is 1. The lowest BCUT2D eigenvalue weighted by atomic mass is 10.1. The zero-order valence-electron chi connectivity index (χ0n) is 22.1. The molecular formula is C28H39N3O5S. The molecule has 202 valence electrons. The zero-order chi connectivity index (χ0) is 26.8. The molecule has 1 aliphatic carbocycles. The highest BCUT2D eigenvalue weighted by molar-refractivity contribution is 7.92. The molecule has 0 unspecified atom stereocenters. The molecule has 1 N–H and O–H groups in total. The maximum atomic E-state index is 13.4. The first-order chi connectivity index (χ1) is 17.7. The van der Waals surface area contributed by atoms with Crippen LogP contribution in [0.2, 0.25) is 0 Å². The van der Waals surface area contributed by atoms with E-state index in [2.05, 4.69) is 5.32 Å². The summed E-state index contributed by atoms with van der Waals surface area (Å²) in [5, 5.41) is 3.11. The maximum Gasteiger partial charge on any atom is 0.242 e. The number of methoxy groups -OCH3 is 1. The maximum absolute atomic E-state index is 13.4. The smallest absolute Gasteiger partial charge is 0.242 e. The van der Waals surface area contributed by atoms with Crippen LogP contribution in [0.15, 0.2) is 54.6 Å². The van der Waals surface area contributed by atoms with E-state index in [1.807, 2.05) is 30.3 Å². The number of rotatable bonds is 13. The first kappa shape index (κ1) is 28.5. The molecule has 37 heavy (non-hydrogen) atoms. The summed E-state index contributed by atoms with van der Waals surface area (Å²) in [6.07, 6.45) is 6.43. The number of benzene rings is 2. The van der Waals surface area contributed by atoms with E-state index in [4.69, 9.17) is 4.74 Å². The summed E-state index contributed by atoms with van der Waals surface area (Å²) in [4.78, 5) is 28.0. The number of hydrogen-bond acceptors (Lipinski definition) is 5. The molecule has 0 saturated heterocycles. The monoisotopic (exact) mass is 529 g/mol. The van der Waals surface area contributed by atoms with Gasteiger partial charge in [-0.05, 0) is 62.4 Å². The average Bonchev–Trinajstić information content (AvgIpc) is 3.39. The van der Waals surface area contributed by atoms with Gasteiger partial charge in [0.25, 0.3) is 0 Å². The lowest BCUT2D eigenvalue weighted by molar-refractivity contribution is -0.140. The Morgan fingerprint density at radius 3 is 2.27 bits per heavy atom. The van der Waals surface area contributed by atoms with Crippen LogP contribution < -0.4 is 14.4 Å². The Kier molecular flexibility index (Phi) is 10.4. The Morgan fingerprint density at radius 2 is 1.68 bits per heavy atom. The Balaban J connectivity index is 1.66. The van der Waals surface area contributed by atoms with Gasteiger partial charge in [-0.1, -0.05) is 43.2 Å². The van der Waals surface area contributed by atoms with E-state index in [0.717, 1.165) is 37.5 Å². The molecule has 8 nitrogen and oxygen atoms in total. The third-order valence-corrected chi connectivity index (χ3v) is 8.06. The van der Waals surface area contributed by atoms with Crippen LogP contribution in [-0.4, -0.2) is 63.7 Å². The van der Waals surface area contributed by atoms with E-state index in [1.54, 1.807) is 43.2 Å². The van der Waals surface area contributed by atoms with Gasteiger partial charge in [0.2, 0.25) is 21.8 Å². The largest absolute Gasteiger partial charge is 0.497 e. The summed E-state index contributed by atoms with van der Waals surface area (Å²) in [5.41, 5.74) is 1.60. The minimum absolute atomic E-state index is 0.135. The highest BCUT2D eigenvalue weighted by Gasteiger charge is 2.28. The molecule has 3 rings (SSSR count). The van der Waals surface area contributed by atoms with Crippen LogP contribution in [-0.2, 0) is 26.0 Å². The molecule has 1 fully saturated rings. The topological polar surface area (TPSA) is 96.0 Å². The molecule has 0 aliphatic heterocycles. The van der Waals surface area contributed by atoms with Crippen molar-refractivity contribution in [3.8, 4) is 5.75 Å². The summed E-state index contributed by atoms with van der Waals surface area (Å²) in [6.45, 7) is 2.34. The van der Waals surface area contributed by atoms with E-state index in [-0.39, 0.29) is 30.8 Å². The summed E-state index contributed by atoms with van der Waals surface area (Å²) in [6, 6.07) is 16.2. The van der Waals surface area contributed by atoms with E-state index in [0.29, 0.717) is 30.8 Å². The predicted molar refractivity (Wildman–Crippen MR) is 146 cm³/mol. The number of ether oxygens (including phenoxy) is 1. The summed E-state index contributed by atoms with van der Waals surface area (Å²) in [5.74, 6) is 0.337. The van der Waals surface area contributed by atoms with Crippen molar-refractivity contribution in [2.75, 3.05) is 30.8 Å². The summed E-state index contributed by atoms with van der Waals surface area (Å²) < 4.78 is 31.4. The van der Waals surface area contributed by atoms with E-state index >= 15 is 0 Å². The number of hydrogen-bond donors (Lipinski definition) is 1. The second kappa shape index (κ2) is 13.5. The second-order valence-electron chi connectivity index (χ2n) is 9.63. The van der Waals surface area contributed by atoms with Crippen LogP contribution in [0.1, 0.15) is 51.0 Å². The van der Waals surface area contributed by atoms with Gasteiger partial charge in [0.1, 0.15) is 11.8 Å². The molecular weight excluding hydrogens is 490 g/mol. The van der Waals surface area contributed by atoms with Crippen molar-refractivity contribution in [3.63, 3.8) is 0 Å². The molecule has 2 amide bonds. The molecule has 0 heterocycles. The van der Waals surface area contributed by atoms with Gasteiger partial charge in [0.15, 0.2) is 0 Å². The summed E-state index contributed by atoms with van der Waals surface area (Å²) in [7, 11) is -1.99. The molecule has 0 aromatic heterocycles. The summed E-state index contributed by atoms with van der Waals surface area (Å²) >= 11 is 0. The molecule has 0 spiro atoms. The lowest BCUT2D eigenvalue weighted by Crippen LogP contribution is -2.50. The Hall–Kier alpha value is -3.07. The molecule has 0 bridgehead atoms. The van der Waals surface area contributed by atoms with Crippen LogP contribution in [0.25, 0.3) is 0 Å². The van der Waals surface area contributed by atoms with Gasteiger partial charge >= 0.3 is 0 Å². The molecule has 2 aromatic rings. The second-order valence-corrected chi connectivity index (χ2v) is 11.5. The van der Waals surface area contributed by atoms with E-state index in [1.165, 1.54) is 4.31 Å². The number of amides is 2. The average molecular weight is 530 g/mol. The minimum Gasteiger partial charge on any atom is -0.497 e. The molecule has 1 saturated carbocycles. The zero-order valence-corrected chi connectivity index (χ0v) is 22.9. The van der Waals surface area contributed by atoms with Gasteiger partial charge in [-0.15, -0.1) is 0 Å². The fourth-order valence-corrected chi connectivity index (χ4v) is 5.68. The van der Waals surface area contributed by atoms with E-state index < -0.39 is 16.1 Å². The normalized spacial score (nSPS) is 14.7. The first-order valence-electron chi connectivity index (χ1n) is 12.9. The third kappa shape index (κ3) is 8.49. The van der Waals surface area contributed by atoms with Gasteiger partial charge in [-0.25, -0.2) is 8.42 Å².